The summed E-state index contributed by atoms with van der Waals surface area (Å²) in [6, 6.07) is 19.3. The van der Waals surface area contributed by atoms with Gasteiger partial charge in [-0.3, -0.25) is 9.59 Å². The maximum absolute atomic E-state index is 12.9. The van der Waals surface area contributed by atoms with Crippen molar-refractivity contribution in [2.45, 2.75) is 6.92 Å². The maximum Gasteiger partial charge on any atom is 0.265 e. The monoisotopic (exact) mass is 436 g/mol. The SMILES string of the molecule is Cc1cc(NC(=O)c2cccc(NC(=O)c3cccs3)c2)n(-c2cccc(Cl)c2)n1. The summed E-state index contributed by atoms with van der Waals surface area (Å²) in [7, 11) is 0. The van der Waals surface area contributed by atoms with Crippen LogP contribution in [0.4, 0.5) is 11.5 Å². The molecule has 2 heterocycles. The minimum atomic E-state index is -0.314. The number of anilines is 2. The average Bonchev–Trinajstić information content (AvgIpc) is 3.38. The zero-order valence-electron chi connectivity index (χ0n) is 15.9. The molecule has 2 N–H and O–H groups in total. The Hall–Kier alpha value is -3.42. The molecule has 0 saturated heterocycles. The molecule has 0 atom stereocenters. The molecule has 8 heteroatoms. The predicted molar refractivity (Wildman–Crippen MR) is 120 cm³/mol. The molecule has 0 aliphatic carbocycles. The van der Waals surface area contributed by atoms with Gasteiger partial charge in [0.15, 0.2) is 0 Å². The van der Waals surface area contributed by atoms with Gasteiger partial charge in [0.25, 0.3) is 11.8 Å². The molecule has 0 bridgehead atoms. The smallest absolute Gasteiger partial charge is 0.265 e. The summed E-state index contributed by atoms with van der Waals surface area (Å²) in [5.41, 5.74) is 2.45. The van der Waals surface area contributed by atoms with Crippen LogP contribution in [0, 0.1) is 6.92 Å². The molecule has 4 aromatic rings. The number of carbonyl (C=O) groups is 2. The number of nitrogens with zero attached hydrogens (tertiary/aromatic N) is 2. The van der Waals surface area contributed by atoms with Gasteiger partial charge in [0, 0.05) is 22.3 Å². The Labute approximate surface area is 182 Å². The Kier molecular flexibility index (Phi) is 5.65. The van der Waals surface area contributed by atoms with Crippen LogP contribution in [0.3, 0.4) is 0 Å². The second-order valence-corrected chi connectivity index (χ2v) is 7.91. The van der Waals surface area contributed by atoms with Crippen LogP contribution in [-0.4, -0.2) is 21.6 Å². The van der Waals surface area contributed by atoms with Crippen molar-refractivity contribution in [3.8, 4) is 5.69 Å². The number of aromatic nitrogens is 2. The quantitative estimate of drug-likeness (QED) is 0.439. The summed E-state index contributed by atoms with van der Waals surface area (Å²) >= 11 is 7.44. The molecule has 2 aromatic carbocycles. The van der Waals surface area contributed by atoms with Crippen LogP contribution in [0.1, 0.15) is 25.7 Å². The number of halogens is 1. The van der Waals surface area contributed by atoms with E-state index in [2.05, 4.69) is 15.7 Å². The van der Waals surface area contributed by atoms with E-state index >= 15 is 0 Å². The van der Waals surface area contributed by atoms with E-state index in [-0.39, 0.29) is 11.8 Å². The first-order valence-corrected chi connectivity index (χ1v) is 10.3. The number of amides is 2. The van der Waals surface area contributed by atoms with Crippen LogP contribution in [-0.2, 0) is 0 Å². The fraction of sp³-hybridized carbons (Fsp3) is 0.0455. The van der Waals surface area contributed by atoms with Gasteiger partial charge in [0.1, 0.15) is 5.82 Å². The zero-order valence-corrected chi connectivity index (χ0v) is 17.5. The van der Waals surface area contributed by atoms with Crippen molar-refractivity contribution < 1.29 is 9.59 Å². The number of aryl methyl sites for hydroxylation is 1. The Morgan fingerprint density at radius 2 is 1.80 bits per heavy atom. The first-order valence-electron chi connectivity index (χ1n) is 9.08. The van der Waals surface area contributed by atoms with Gasteiger partial charge >= 0.3 is 0 Å². The van der Waals surface area contributed by atoms with E-state index in [0.717, 1.165) is 11.4 Å². The fourth-order valence-electron chi connectivity index (χ4n) is 2.92. The molecule has 6 nitrogen and oxygen atoms in total. The van der Waals surface area contributed by atoms with E-state index in [0.29, 0.717) is 27.0 Å². The first-order chi connectivity index (χ1) is 14.5. The van der Waals surface area contributed by atoms with Gasteiger partial charge in [-0.25, -0.2) is 4.68 Å². The fourth-order valence-corrected chi connectivity index (χ4v) is 3.72. The highest BCUT2D eigenvalue weighted by atomic mass is 35.5. The summed E-state index contributed by atoms with van der Waals surface area (Å²) in [5.74, 6) is -0.00425. The van der Waals surface area contributed by atoms with Gasteiger partial charge < -0.3 is 10.6 Å². The number of hydrogen-bond acceptors (Lipinski definition) is 4. The highest BCUT2D eigenvalue weighted by Gasteiger charge is 2.14. The lowest BCUT2D eigenvalue weighted by Gasteiger charge is -2.10. The maximum atomic E-state index is 12.9. The number of benzene rings is 2. The van der Waals surface area contributed by atoms with Crippen LogP contribution in [0.5, 0.6) is 0 Å². The highest BCUT2D eigenvalue weighted by Crippen LogP contribution is 2.21. The molecule has 4 rings (SSSR count). The summed E-state index contributed by atoms with van der Waals surface area (Å²) in [6.45, 7) is 1.84. The van der Waals surface area contributed by atoms with E-state index < -0.39 is 0 Å². The molecule has 30 heavy (non-hydrogen) atoms. The summed E-state index contributed by atoms with van der Waals surface area (Å²) in [6.07, 6.45) is 0. The van der Waals surface area contributed by atoms with Crippen LogP contribution in [0.15, 0.2) is 72.1 Å². The Balaban J connectivity index is 1.54. The van der Waals surface area contributed by atoms with Gasteiger partial charge in [-0.15, -0.1) is 11.3 Å². The highest BCUT2D eigenvalue weighted by molar-refractivity contribution is 7.12. The summed E-state index contributed by atoms with van der Waals surface area (Å²) in [5, 5.41) is 12.5. The number of nitrogens with one attached hydrogen (secondary N) is 2. The van der Waals surface area contributed by atoms with E-state index in [1.807, 2.05) is 30.5 Å². The van der Waals surface area contributed by atoms with Crippen molar-refractivity contribution in [2.24, 2.45) is 0 Å². The standard InChI is InChI=1S/C22H17ClN4O2S/c1-14-11-20(27(26-14)18-8-3-6-16(23)13-18)25-21(28)15-5-2-7-17(12-15)24-22(29)19-9-4-10-30-19/h2-13H,1H3,(H,24,29)(H,25,28). The van der Waals surface area contributed by atoms with Gasteiger partial charge in [0.05, 0.1) is 16.3 Å². The van der Waals surface area contributed by atoms with Gasteiger partial charge in [-0.1, -0.05) is 29.8 Å². The van der Waals surface area contributed by atoms with Gasteiger partial charge in [-0.2, -0.15) is 5.10 Å². The molecule has 0 aliphatic rings. The summed E-state index contributed by atoms with van der Waals surface area (Å²) < 4.78 is 1.63. The van der Waals surface area contributed by atoms with Crippen LogP contribution < -0.4 is 10.6 Å². The van der Waals surface area contributed by atoms with E-state index in [1.165, 1.54) is 11.3 Å². The molecule has 0 spiro atoms. The number of thiophene rings is 1. The van der Waals surface area contributed by atoms with Gasteiger partial charge in [0.2, 0.25) is 0 Å². The molecule has 0 unspecified atom stereocenters. The number of rotatable bonds is 5. The van der Waals surface area contributed by atoms with Crippen LogP contribution in [0.25, 0.3) is 5.69 Å². The second kappa shape index (κ2) is 8.52. The molecular weight excluding hydrogens is 420 g/mol. The van der Waals surface area contributed by atoms with Crippen molar-refractivity contribution in [1.29, 1.82) is 0 Å². The van der Waals surface area contributed by atoms with Crippen molar-refractivity contribution in [1.82, 2.24) is 9.78 Å². The first kappa shape index (κ1) is 19.9. The minimum absolute atomic E-state index is 0.211. The second-order valence-electron chi connectivity index (χ2n) is 6.53. The normalized spacial score (nSPS) is 10.6. The molecular formula is C22H17ClN4O2S. The van der Waals surface area contributed by atoms with E-state index in [1.54, 1.807) is 53.2 Å². The number of carbonyl (C=O) groups excluding carboxylic acids is 2. The predicted octanol–water partition coefficient (Wildman–Crippen LogP) is 5.40. The lowest BCUT2D eigenvalue weighted by Crippen LogP contribution is -2.16. The molecule has 0 radical (unpaired) electrons. The summed E-state index contributed by atoms with van der Waals surface area (Å²) in [4.78, 5) is 25.7. The number of hydrogen-bond donors (Lipinski definition) is 2. The molecule has 0 fully saturated rings. The molecule has 150 valence electrons. The van der Waals surface area contributed by atoms with E-state index in [4.69, 9.17) is 11.6 Å². The van der Waals surface area contributed by atoms with Crippen molar-refractivity contribution in [3.63, 3.8) is 0 Å². The third-order valence-corrected chi connectivity index (χ3v) is 5.36. The molecule has 0 aliphatic heterocycles. The lowest BCUT2D eigenvalue weighted by molar-refractivity contribution is 0.101. The average molecular weight is 437 g/mol. The van der Waals surface area contributed by atoms with Crippen LogP contribution >= 0.6 is 22.9 Å². The van der Waals surface area contributed by atoms with Crippen molar-refractivity contribution >= 4 is 46.3 Å². The largest absolute Gasteiger partial charge is 0.321 e. The van der Waals surface area contributed by atoms with Crippen molar-refractivity contribution in [3.05, 3.63) is 93.3 Å². The lowest BCUT2D eigenvalue weighted by atomic mass is 10.2. The molecule has 2 aromatic heterocycles. The van der Waals surface area contributed by atoms with Crippen LogP contribution in [0.2, 0.25) is 5.02 Å². The Morgan fingerprint density at radius 1 is 0.967 bits per heavy atom. The topological polar surface area (TPSA) is 76.0 Å². The Bertz CT molecular complexity index is 1220. The minimum Gasteiger partial charge on any atom is -0.321 e. The van der Waals surface area contributed by atoms with E-state index in [9.17, 15) is 9.59 Å². The third kappa shape index (κ3) is 4.42. The van der Waals surface area contributed by atoms with Crippen molar-refractivity contribution in [2.75, 3.05) is 10.6 Å². The van der Waals surface area contributed by atoms with Gasteiger partial charge in [-0.05, 0) is 54.8 Å². The molecule has 0 saturated carbocycles. The molecule has 2 amide bonds. The Morgan fingerprint density at radius 3 is 2.57 bits per heavy atom. The zero-order chi connectivity index (χ0) is 21.1. The third-order valence-electron chi connectivity index (χ3n) is 4.25.